The first-order valence-corrected chi connectivity index (χ1v) is 6.60. The second kappa shape index (κ2) is 4.53. The average molecular weight is 305 g/mol. The molecule has 0 spiro atoms. The van der Waals surface area contributed by atoms with E-state index in [1.54, 1.807) is 19.1 Å². The van der Waals surface area contributed by atoms with Crippen LogP contribution in [0.3, 0.4) is 0 Å². The van der Waals surface area contributed by atoms with Crippen LogP contribution in [-0.2, 0) is 9.59 Å². The Morgan fingerprint density at radius 3 is 1.86 bits per heavy atom. The van der Waals surface area contributed by atoms with Crippen molar-refractivity contribution in [2.24, 2.45) is 0 Å². The molecule has 1 aromatic carbocycles. The maximum atomic E-state index is 12.3. The lowest BCUT2D eigenvalue weighted by Gasteiger charge is -2.16. The molecule has 0 bridgehead atoms. The Morgan fingerprint density at radius 1 is 0.905 bits per heavy atom. The van der Waals surface area contributed by atoms with Crippen LogP contribution < -0.4 is 0 Å². The van der Waals surface area contributed by atoms with E-state index in [0.29, 0.717) is 4.90 Å². The highest BCUT2D eigenvalue weighted by Gasteiger charge is 2.47. The summed E-state index contributed by atoms with van der Waals surface area (Å²) >= 11 is 5.87. The third-order valence-electron chi connectivity index (χ3n) is 3.42. The summed E-state index contributed by atoms with van der Waals surface area (Å²) in [7, 11) is 0. The van der Waals surface area contributed by atoms with Crippen LogP contribution in [0.25, 0.3) is 0 Å². The van der Waals surface area contributed by atoms with E-state index in [0.717, 1.165) is 4.90 Å². The van der Waals surface area contributed by atoms with E-state index in [-0.39, 0.29) is 23.4 Å². The van der Waals surface area contributed by atoms with Crippen LogP contribution in [0.2, 0.25) is 0 Å². The van der Waals surface area contributed by atoms with E-state index in [9.17, 15) is 19.2 Å². The van der Waals surface area contributed by atoms with Gasteiger partial charge >= 0.3 is 0 Å². The van der Waals surface area contributed by atoms with Gasteiger partial charge in [-0.25, -0.2) is 4.90 Å². The number of rotatable bonds is 2. The van der Waals surface area contributed by atoms with Crippen molar-refractivity contribution in [2.45, 2.75) is 6.92 Å². The zero-order valence-corrected chi connectivity index (χ0v) is 11.7. The SMILES string of the molecule is CCN1C(=O)C(Cl)=C(N2C(=O)c3ccccc3C2=O)C1=O. The third-order valence-corrected chi connectivity index (χ3v) is 3.76. The van der Waals surface area contributed by atoms with E-state index in [2.05, 4.69) is 0 Å². The van der Waals surface area contributed by atoms with Crippen LogP contribution in [0.1, 0.15) is 27.6 Å². The van der Waals surface area contributed by atoms with Gasteiger partial charge in [-0.15, -0.1) is 0 Å². The van der Waals surface area contributed by atoms with E-state index in [1.807, 2.05) is 0 Å². The molecule has 0 fully saturated rings. The summed E-state index contributed by atoms with van der Waals surface area (Å²) < 4.78 is 0. The minimum Gasteiger partial charge on any atom is -0.272 e. The van der Waals surface area contributed by atoms with E-state index < -0.39 is 28.7 Å². The van der Waals surface area contributed by atoms with Crippen molar-refractivity contribution >= 4 is 35.2 Å². The fraction of sp³-hybridized carbons (Fsp3) is 0.143. The summed E-state index contributed by atoms with van der Waals surface area (Å²) in [6.07, 6.45) is 0. The molecule has 3 rings (SSSR count). The second-order valence-corrected chi connectivity index (χ2v) is 4.89. The Kier molecular flexibility index (Phi) is 2.91. The van der Waals surface area contributed by atoms with Crippen molar-refractivity contribution < 1.29 is 19.2 Å². The molecule has 2 aliphatic heterocycles. The van der Waals surface area contributed by atoms with Gasteiger partial charge in [0.1, 0.15) is 10.7 Å². The predicted molar refractivity (Wildman–Crippen MR) is 72.2 cm³/mol. The van der Waals surface area contributed by atoms with E-state index >= 15 is 0 Å². The highest BCUT2D eigenvalue weighted by molar-refractivity contribution is 6.48. The van der Waals surface area contributed by atoms with Gasteiger partial charge in [0.05, 0.1) is 11.1 Å². The number of halogens is 1. The maximum Gasteiger partial charge on any atom is 0.279 e. The predicted octanol–water partition coefficient (Wildman–Crippen LogP) is 1.12. The van der Waals surface area contributed by atoms with Gasteiger partial charge in [0.25, 0.3) is 23.6 Å². The topological polar surface area (TPSA) is 74.8 Å². The number of fused-ring (bicyclic) bond motifs is 1. The number of hydrogen-bond acceptors (Lipinski definition) is 4. The van der Waals surface area contributed by atoms with Crippen LogP contribution in [0.4, 0.5) is 0 Å². The molecule has 6 nitrogen and oxygen atoms in total. The monoisotopic (exact) mass is 304 g/mol. The van der Waals surface area contributed by atoms with Gasteiger partial charge in [0.15, 0.2) is 0 Å². The van der Waals surface area contributed by atoms with Crippen LogP contribution >= 0.6 is 11.6 Å². The minimum absolute atomic E-state index is 0.112. The van der Waals surface area contributed by atoms with Gasteiger partial charge in [-0.05, 0) is 19.1 Å². The Hall–Kier alpha value is -2.47. The molecule has 0 saturated carbocycles. The maximum absolute atomic E-state index is 12.3. The fourth-order valence-electron chi connectivity index (χ4n) is 2.41. The quantitative estimate of drug-likeness (QED) is 0.767. The smallest absolute Gasteiger partial charge is 0.272 e. The van der Waals surface area contributed by atoms with Gasteiger partial charge in [0, 0.05) is 6.54 Å². The molecule has 7 heteroatoms. The molecule has 1 aromatic rings. The number of likely N-dealkylation sites (N-methyl/N-ethyl adjacent to an activating group) is 1. The molecular formula is C14H9ClN2O4. The Bertz CT molecular complexity index is 718. The highest BCUT2D eigenvalue weighted by Crippen LogP contribution is 2.33. The Labute approximate surface area is 124 Å². The molecule has 0 aromatic heterocycles. The molecule has 0 N–H and O–H groups in total. The van der Waals surface area contributed by atoms with Gasteiger partial charge in [-0.2, -0.15) is 0 Å². The van der Waals surface area contributed by atoms with Crippen LogP contribution in [-0.4, -0.2) is 40.0 Å². The largest absolute Gasteiger partial charge is 0.279 e. The van der Waals surface area contributed by atoms with Crippen molar-refractivity contribution in [3.05, 3.63) is 46.1 Å². The lowest BCUT2D eigenvalue weighted by Crippen LogP contribution is -2.37. The first-order valence-electron chi connectivity index (χ1n) is 6.22. The van der Waals surface area contributed by atoms with E-state index in [4.69, 9.17) is 11.6 Å². The molecule has 0 radical (unpaired) electrons. The number of benzene rings is 1. The summed E-state index contributed by atoms with van der Waals surface area (Å²) in [6.45, 7) is 1.71. The highest BCUT2D eigenvalue weighted by atomic mass is 35.5. The molecule has 0 unspecified atom stereocenters. The molecule has 21 heavy (non-hydrogen) atoms. The number of carbonyl (C=O) groups excluding carboxylic acids is 4. The number of imide groups is 2. The van der Waals surface area contributed by atoms with Gasteiger partial charge in [-0.3, -0.25) is 24.1 Å². The van der Waals surface area contributed by atoms with Gasteiger partial charge in [0.2, 0.25) is 0 Å². The van der Waals surface area contributed by atoms with Crippen molar-refractivity contribution in [1.29, 1.82) is 0 Å². The molecular weight excluding hydrogens is 296 g/mol. The average Bonchev–Trinajstić information content (AvgIpc) is 2.85. The molecule has 2 heterocycles. The van der Waals surface area contributed by atoms with E-state index in [1.165, 1.54) is 12.1 Å². The third kappa shape index (κ3) is 1.66. The summed E-state index contributed by atoms with van der Waals surface area (Å²) in [4.78, 5) is 50.3. The number of carbonyl (C=O) groups is 4. The second-order valence-electron chi connectivity index (χ2n) is 4.51. The summed E-state index contributed by atoms with van der Waals surface area (Å²) in [5.74, 6) is -2.73. The molecule has 0 aliphatic carbocycles. The Morgan fingerprint density at radius 2 is 1.43 bits per heavy atom. The van der Waals surface area contributed by atoms with Crippen molar-refractivity contribution in [3.8, 4) is 0 Å². The normalized spacial score (nSPS) is 18.2. The molecule has 4 amide bonds. The fourth-order valence-corrected chi connectivity index (χ4v) is 2.67. The number of nitrogens with zero attached hydrogens (tertiary/aromatic N) is 2. The molecule has 106 valence electrons. The van der Waals surface area contributed by atoms with Crippen molar-refractivity contribution in [2.75, 3.05) is 6.54 Å². The number of hydrogen-bond donors (Lipinski definition) is 0. The van der Waals surface area contributed by atoms with Crippen LogP contribution in [0.5, 0.6) is 0 Å². The molecule has 0 atom stereocenters. The standard InChI is InChI=1S/C14H9ClN2O4/c1-2-16-13(20)9(15)10(14(16)21)17-11(18)7-5-3-4-6-8(7)12(17)19/h3-6H,2H2,1H3. The molecule has 0 saturated heterocycles. The zero-order valence-electron chi connectivity index (χ0n) is 10.9. The van der Waals surface area contributed by atoms with Crippen molar-refractivity contribution in [3.63, 3.8) is 0 Å². The minimum atomic E-state index is -0.734. The number of amides is 4. The molecule has 2 aliphatic rings. The summed E-state index contributed by atoms with van der Waals surface area (Å²) in [5, 5.41) is -0.406. The first kappa shape index (κ1) is 13.5. The summed E-state index contributed by atoms with van der Waals surface area (Å²) in [5.41, 5.74) is 0.0130. The Balaban J connectivity index is 2.12. The lowest BCUT2D eigenvalue weighted by molar-refractivity contribution is -0.137. The lowest BCUT2D eigenvalue weighted by atomic mass is 10.1. The first-order chi connectivity index (χ1) is 9.99. The van der Waals surface area contributed by atoms with Crippen LogP contribution in [0, 0.1) is 0 Å². The van der Waals surface area contributed by atoms with Crippen LogP contribution in [0.15, 0.2) is 35.0 Å². The van der Waals surface area contributed by atoms with Gasteiger partial charge < -0.3 is 0 Å². The summed E-state index contributed by atoms with van der Waals surface area (Å²) in [6, 6.07) is 6.21. The zero-order chi connectivity index (χ0) is 15.3. The van der Waals surface area contributed by atoms with Crippen molar-refractivity contribution in [1.82, 2.24) is 9.80 Å². The van der Waals surface area contributed by atoms with Gasteiger partial charge in [-0.1, -0.05) is 23.7 Å².